The van der Waals surface area contributed by atoms with Crippen molar-refractivity contribution in [3.63, 3.8) is 0 Å². The summed E-state index contributed by atoms with van der Waals surface area (Å²) in [6, 6.07) is 6.76. The average Bonchev–Trinajstić information content (AvgIpc) is 2.73. The van der Waals surface area contributed by atoms with Crippen LogP contribution in [0.2, 0.25) is 0 Å². The Bertz CT molecular complexity index is 479. The summed E-state index contributed by atoms with van der Waals surface area (Å²) < 4.78 is 0. The van der Waals surface area contributed by atoms with E-state index in [4.69, 9.17) is 0 Å². The lowest BCUT2D eigenvalue weighted by atomic mass is 10.00. The molecule has 0 spiro atoms. The smallest absolute Gasteiger partial charge is 0.0219 e. The van der Waals surface area contributed by atoms with Gasteiger partial charge in [-0.3, -0.25) is 0 Å². The largest absolute Gasteiger partial charge is 0.313 e. The Labute approximate surface area is 108 Å². The highest BCUT2D eigenvalue weighted by Gasteiger charge is 2.06. The van der Waals surface area contributed by atoms with E-state index in [1.807, 2.05) is 0 Å². The predicted molar refractivity (Wildman–Crippen MR) is 76.6 cm³/mol. The third-order valence-electron chi connectivity index (χ3n) is 2.84. The van der Waals surface area contributed by atoms with Crippen molar-refractivity contribution >= 4 is 11.3 Å². The first-order valence-electron chi connectivity index (χ1n) is 6.05. The van der Waals surface area contributed by atoms with Gasteiger partial charge in [0.05, 0.1) is 0 Å². The van der Waals surface area contributed by atoms with E-state index in [1.165, 1.54) is 27.8 Å². The van der Waals surface area contributed by atoms with Crippen LogP contribution in [0.1, 0.15) is 23.6 Å². The van der Waals surface area contributed by atoms with Gasteiger partial charge in [-0.25, -0.2) is 0 Å². The molecule has 17 heavy (non-hydrogen) atoms. The third kappa shape index (κ3) is 2.96. The Morgan fingerprint density at radius 1 is 1.06 bits per heavy atom. The number of hydrogen-bond donors (Lipinski definition) is 1. The summed E-state index contributed by atoms with van der Waals surface area (Å²) in [6.07, 6.45) is 0. The number of hydrogen-bond acceptors (Lipinski definition) is 2. The van der Waals surface area contributed by atoms with Gasteiger partial charge in [-0.05, 0) is 47.8 Å². The van der Waals surface area contributed by atoms with Crippen LogP contribution in [0.3, 0.4) is 0 Å². The van der Waals surface area contributed by atoms with E-state index in [0.29, 0.717) is 0 Å². The quantitative estimate of drug-likeness (QED) is 0.853. The molecule has 0 aliphatic rings. The second kappa shape index (κ2) is 5.48. The average molecular weight is 245 g/mol. The van der Waals surface area contributed by atoms with Crippen LogP contribution in [0.15, 0.2) is 29.0 Å². The van der Waals surface area contributed by atoms with Gasteiger partial charge < -0.3 is 5.32 Å². The summed E-state index contributed by atoms with van der Waals surface area (Å²) >= 11 is 1.78. The van der Waals surface area contributed by atoms with Crippen molar-refractivity contribution in [2.45, 2.75) is 27.3 Å². The molecule has 2 heteroatoms. The van der Waals surface area contributed by atoms with Gasteiger partial charge in [0.1, 0.15) is 0 Å². The van der Waals surface area contributed by atoms with Gasteiger partial charge in [-0.15, -0.1) is 0 Å². The summed E-state index contributed by atoms with van der Waals surface area (Å²) in [5.41, 5.74) is 6.79. The molecule has 90 valence electrons. The highest BCUT2D eigenvalue weighted by molar-refractivity contribution is 7.08. The van der Waals surface area contributed by atoms with E-state index < -0.39 is 0 Å². The summed E-state index contributed by atoms with van der Waals surface area (Å²) in [5.74, 6) is 0. The normalized spacial score (nSPS) is 10.8. The second-order valence-electron chi connectivity index (χ2n) is 4.47. The van der Waals surface area contributed by atoms with Gasteiger partial charge in [0.25, 0.3) is 0 Å². The monoisotopic (exact) mass is 245 g/mol. The first kappa shape index (κ1) is 12.3. The van der Waals surface area contributed by atoms with Gasteiger partial charge in [-0.1, -0.05) is 36.2 Å². The first-order chi connectivity index (χ1) is 8.20. The lowest BCUT2D eigenvalue weighted by Crippen LogP contribution is -2.11. The standard InChI is InChI=1S/C15H19NS/c1-4-16-8-14-9-17-10-15(14)13-6-11(2)5-12(3)7-13/h5-7,9-10,16H,4,8H2,1-3H3. The van der Waals surface area contributed by atoms with Crippen molar-refractivity contribution in [1.29, 1.82) is 0 Å². The molecule has 1 N–H and O–H groups in total. The van der Waals surface area contributed by atoms with Crippen LogP contribution < -0.4 is 5.32 Å². The van der Waals surface area contributed by atoms with Crippen molar-refractivity contribution in [2.24, 2.45) is 0 Å². The maximum Gasteiger partial charge on any atom is 0.0219 e. The zero-order valence-electron chi connectivity index (χ0n) is 10.7. The molecule has 0 fully saturated rings. The predicted octanol–water partition coefficient (Wildman–Crippen LogP) is 4.14. The van der Waals surface area contributed by atoms with Gasteiger partial charge in [0, 0.05) is 6.54 Å². The van der Waals surface area contributed by atoms with E-state index in [9.17, 15) is 0 Å². The molecule has 0 unspecified atom stereocenters. The van der Waals surface area contributed by atoms with E-state index in [1.54, 1.807) is 11.3 Å². The molecule has 0 bridgehead atoms. The lowest BCUT2D eigenvalue weighted by molar-refractivity contribution is 0.729. The number of rotatable bonds is 4. The van der Waals surface area contributed by atoms with Crippen molar-refractivity contribution in [3.8, 4) is 11.1 Å². The Kier molecular flexibility index (Phi) is 3.97. The minimum absolute atomic E-state index is 0.961. The fourth-order valence-corrected chi connectivity index (χ4v) is 2.97. The molecule has 0 atom stereocenters. The van der Waals surface area contributed by atoms with Crippen molar-refractivity contribution < 1.29 is 0 Å². The highest BCUT2D eigenvalue weighted by atomic mass is 32.1. The maximum atomic E-state index is 3.40. The van der Waals surface area contributed by atoms with Gasteiger partial charge >= 0.3 is 0 Å². The summed E-state index contributed by atoms with van der Waals surface area (Å²) in [6.45, 7) is 8.44. The van der Waals surface area contributed by atoms with Crippen LogP contribution in [-0.2, 0) is 6.54 Å². The SMILES string of the molecule is CCNCc1cscc1-c1cc(C)cc(C)c1. The molecule has 0 aliphatic carbocycles. The maximum absolute atomic E-state index is 3.40. The van der Waals surface area contributed by atoms with Crippen LogP contribution in [0.5, 0.6) is 0 Å². The number of nitrogens with one attached hydrogen (secondary N) is 1. The van der Waals surface area contributed by atoms with E-state index in [-0.39, 0.29) is 0 Å². The summed E-state index contributed by atoms with van der Waals surface area (Å²) in [4.78, 5) is 0. The molecule has 0 saturated heterocycles. The van der Waals surface area contributed by atoms with Crippen LogP contribution in [-0.4, -0.2) is 6.54 Å². The van der Waals surface area contributed by atoms with Gasteiger partial charge in [0.15, 0.2) is 0 Å². The molecule has 0 saturated carbocycles. The number of aryl methyl sites for hydroxylation is 2. The highest BCUT2D eigenvalue weighted by Crippen LogP contribution is 2.29. The van der Waals surface area contributed by atoms with Gasteiger partial charge in [0.2, 0.25) is 0 Å². The molecule has 0 aliphatic heterocycles. The van der Waals surface area contributed by atoms with Crippen molar-refractivity contribution in [1.82, 2.24) is 5.32 Å². The Hall–Kier alpha value is -1.12. The molecule has 1 aromatic heterocycles. The Balaban J connectivity index is 2.35. The zero-order valence-corrected chi connectivity index (χ0v) is 11.5. The first-order valence-corrected chi connectivity index (χ1v) is 6.99. The molecule has 0 amide bonds. The summed E-state index contributed by atoms with van der Waals surface area (Å²) in [5, 5.41) is 7.89. The second-order valence-corrected chi connectivity index (χ2v) is 5.21. The van der Waals surface area contributed by atoms with Crippen molar-refractivity contribution in [2.75, 3.05) is 6.54 Å². The molecular formula is C15H19NS. The molecule has 1 nitrogen and oxygen atoms in total. The molecule has 2 aromatic rings. The third-order valence-corrected chi connectivity index (χ3v) is 3.63. The molecule has 1 heterocycles. The van der Waals surface area contributed by atoms with Crippen molar-refractivity contribution in [3.05, 3.63) is 45.6 Å². The topological polar surface area (TPSA) is 12.0 Å². The lowest BCUT2D eigenvalue weighted by Gasteiger charge is -2.07. The Morgan fingerprint density at radius 2 is 1.76 bits per heavy atom. The van der Waals surface area contributed by atoms with E-state index in [2.05, 4.69) is 55.0 Å². The minimum atomic E-state index is 0.961. The van der Waals surface area contributed by atoms with Gasteiger partial charge in [-0.2, -0.15) is 11.3 Å². The van der Waals surface area contributed by atoms with Crippen LogP contribution >= 0.6 is 11.3 Å². The molecule has 2 rings (SSSR count). The fraction of sp³-hybridized carbons (Fsp3) is 0.333. The summed E-state index contributed by atoms with van der Waals surface area (Å²) in [7, 11) is 0. The number of benzene rings is 1. The minimum Gasteiger partial charge on any atom is -0.313 e. The van der Waals surface area contributed by atoms with Crippen LogP contribution in [0.25, 0.3) is 11.1 Å². The molecule has 0 radical (unpaired) electrons. The zero-order chi connectivity index (χ0) is 12.3. The van der Waals surface area contributed by atoms with Crippen LogP contribution in [0, 0.1) is 13.8 Å². The Morgan fingerprint density at radius 3 is 2.41 bits per heavy atom. The van der Waals surface area contributed by atoms with E-state index >= 15 is 0 Å². The molecule has 1 aromatic carbocycles. The molecular weight excluding hydrogens is 226 g/mol. The fourth-order valence-electron chi connectivity index (χ4n) is 2.10. The van der Waals surface area contributed by atoms with E-state index in [0.717, 1.165) is 13.1 Å². The van der Waals surface area contributed by atoms with Crippen LogP contribution in [0.4, 0.5) is 0 Å². The number of thiophene rings is 1.